The highest BCUT2D eigenvalue weighted by Gasteiger charge is 2.19. The van der Waals surface area contributed by atoms with Crippen molar-refractivity contribution in [1.29, 1.82) is 0 Å². The Hall–Kier alpha value is -1.81. The smallest absolute Gasteiger partial charge is 0.161 e. The molecule has 1 unspecified atom stereocenters. The monoisotopic (exact) mass is 330 g/mol. The van der Waals surface area contributed by atoms with Gasteiger partial charge in [0.1, 0.15) is 11.9 Å². The number of benzene rings is 2. The van der Waals surface area contributed by atoms with Crippen molar-refractivity contribution in [2.45, 2.75) is 25.2 Å². The Labute approximate surface area is 141 Å². The van der Waals surface area contributed by atoms with E-state index in [-0.39, 0.29) is 18.1 Å². The van der Waals surface area contributed by atoms with Crippen LogP contribution in [-0.4, -0.2) is 18.5 Å². The van der Waals surface area contributed by atoms with Crippen molar-refractivity contribution >= 4 is 11.6 Å². The summed E-state index contributed by atoms with van der Waals surface area (Å²) in [6.07, 6.45) is 5.27. The maximum atomic E-state index is 9.38. The number of ether oxygens (including phenoxy) is 2. The van der Waals surface area contributed by atoms with E-state index in [1.807, 2.05) is 30.3 Å². The van der Waals surface area contributed by atoms with E-state index in [9.17, 15) is 5.11 Å². The van der Waals surface area contributed by atoms with E-state index in [1.54, 1.807) is 19.2 Å². The van der Waals surface area contributed by atoms with Gasteiger partial charge in [0.05, 0.1) is 0 Å². The number of methoxy groups -OCH3 is 1. The molecule has 2 atom stereocenters. The fourth-order valence-corrected chi connectivity index (χ4v) is 2.84. The van der Waals surface area contributed by atoms with Gasteiger partial charge in [0.2, 0.25) is 0 Å². The van der Waals surface area contributed by atoms with Crippen LogP contribution >= 0.6 is 11.6 Å². The van der Waals surface area contributed by atoms with Crippen LogP contribution in [0.1, 0.15) is 29.2 Å². The van der Waals surface area contributed by atoms with E-state index < -0.39 is 0 Å². The minimum absolute atomic E-state index is 0.121. The molecule has 0 bridgehead atoms. The van der Waals surface area contributed by atoms with E-state index in [2.05, 4.69) is 12.1 Å². The van der Waals surface area contributed by atoms with Crippen molar-refractivity contribution in [3.63, 3.8) is 0 Å². The predicted molar refractivity (Wildman–Crippen MR) is 90.7 cm³/mol. The van der Waals surface area contributed by atoms with Crippen LogP contribution in [0.25, 0.3) is 0 Å². The first-order chi connectivity index (χ1) is 11.2. The van der Waals surface area contributed by atoms with Crippen LogP contribution < -0.4 is 0 Å². The zero-order chi connectivity index (χ0) is 16.2. The molecule has 2 aromatic rings. The highest BCUT2D eigenvalue weighted by molar-refractivity contribution is 6.31. The number of halogens is 1. The number of phenolic OH excluding ortho intramolecular Hbond substituents is 1. The molecule has 3 nitrogen and oxygen atoms in total. The molecular weight excluding hydrogens is 312 g/mol. The third-order valence-electron chi connectivity index (χ3n) is 3.93. The quantitative estimate of drug-likeness (QED) is 0.831. The molecule has 23 heavy (non-hydrogen) atoms. The molecule has 1 aliphatic heterocycles. The Kier molecular flexibility index (Phi) is 5.01. The molecule has 2 aromatic carbocycles. The third kappa shape index (κ3) is 3.94. The zero-order valence-corrected chi connectivity index (χ0v) is 13.7. The molecule has 0 aliphatic carbocycles. The second-order valence-corrected chi connectivity index (χ2v) is 5.99. The van der Waals surface area contributed by atoms with E-state index in [0.29, 0.717) is 6.42 Å². The summed E-state index contributed by atoms with van der Waals surface area (Å²) in [5.41, 5.74) is 3.18. The van der Waals surface area contributed by atoms with Crippen molar-refractivity contribution < 1.29 is 14.6 Å². The van der Waals surface area contributed by atoms with Gasteiger partial charge in [-0.3, -0.25) is 0 Å². The summed E-state index contributed by atoms with van der Waals surface area (Å²) < 4.78 is 11.2. The van der Waals surface area contributed by atoms with Crippen LogP contribution in [0, 0.1) is 0 Å². The number of hydrogen-bond acceptors (Lipinski definition) is 3. The number of aromatic hydroxyl groups is 1. The summed E-state index contributed by atoms with van der Waals surface area (Å²) in [5, 5.41) is 10.1. The normalized spacial score (nSPS) is 20.6. The molecule has 1 N–H and O–H groups in total. The number of hydrogen-bond donors (Lipinski definition) is 1. The first-order valence-electron chi connectivity index (χ1n) is 7.57. The fourth-order valence-electron chi connectivity index (χ4n) is 2.66. The van der Waals surface area contributed by atoms with E-state index in [4.69, 9.17) is 21.1 Å². The maximum Gasteiger partial charge on any atom is 0.161 e. The summed E-state index contributed by atoms with van der Waals surface area (Å²) in [5.74, 6) is 0.264. The fraction of sp³-hybridized carbons (Fsp3) is 0.263. The highest BCUT2D eigenvalue weighted by atomic mass is 35.5. The van der Waals surface area contributed by atoms with Crippen molar-refractivity contribution in [1.82, 2.24) is 0 Å². The Morgan fingerprint density at radius 1 is 1.22 bits per heavy atom. The summed E-state index contributed by atoms with van der Waals surface area (Å²) in [7, 11) is 1.65. The van der Waals surface area contributed by atoms with Crippen LogP contribution in [-0.2, 0) is 15.9 Å². The molecule has 3 rings (SSSR count). The molecule has 0 spiro atoms. The van der Waals surface area contributed by atoms with Gasteiger partial charge in [0.15, 0.2) is 6.29 Å². The molecular formula is C19H19ClO3. The Bertz CT molecular complexity index is 694. The van der Waals surface area contributed by atoms with Gasteiger partial charge >= 0.3 is 0 Å². The minimum Gasteiger partial charge on any atom is -0.508 e. The van der Waals surface area contributed by atoms with Crippen molar-refractivity contribution in [3.8, 4) is 5.75 Å². The second-order valence-electron chi connectivity index (χ2n) is 5.58. The summed E-state index contributed by atoms with van der Waals surface area (Å²) >= 11 is 6.34. The average molecular weight is 331 g/mol. The highest BCUT2D eigenvalue weighted by Crippen LogP contribution is 2.30. The zero-order valence-electron chi connectivity index (χ0n) is 12.9. The molecule has 0 saturated heterocycles. The van der Waals surface area contributed by atoms with E-state index >= 15 is 0 Å². The maximum absolute atomic E-state index is 9.38. The number of phenols is 1. The van der Waals surface area contributed by atoms with Crippen molar-refractivity contribution in [3.05, 3.63) is 76.3 Å². The summed E-state index contributed by atoms with van der Waals surface area (Å²) in [4.78, 5) is 0. The van der Waals surface area contributed by atoms with Gasteiger partial charge in [-0.25, -0.2) is 0 Å². The van der Waals surface area contributed by atoms with Gasteiger partial charge < -0.3 is 14.6 Å². The molecule has 0 fully saturated rings. The molecule has 120 valence electrons. The van der Waals surface area contributed by atoms with Gasteiger partial charge in [-0.05, 0) is 41.3 Å². The minimum atomic E-state index is -0.207. The summed E-state index contributed by atoms with van der Waals surface area (Å²) in [6, 6.07) is 13.1. The lowest BCUT2D eigenvalue weighted by Crippen LogP contribution is -2.20. The molecule has 4 heteroatoms. The molecule has 0 saturated carbocycles. The van der Waals surface area contributed by atoms with Gasteiger partial charge in [0.25, 0.3) is 0 Å². The summed E-state index contributed by atoms with van der Waals surface area (Å²) in [6.45, 7) is 0. The van der Waals surface area contributed by atoms with Gasteiger partial charge in [0, 0.05) is 18.6 Å². The van der Waals surface area contributed by atoms with Crippen LogP contribution in [0.2, 0.25) is 5.02 Å². The molecule has 0 radical (unpaired) electrons. The topological polar surface area (TPSA) is 38.7 Å². The largest absolute Gasteiger partial charge is 0.508 e. The standard InChI is InChI=1S/C19H19ClO3/c1-22-19-4-2-3-18(23-19)14-7-10-17(20)15(12-14)11-13-5-8-16(21)9-6-13/h2-3,5-10,12,18-19,21H,4,11H2,1H3/t18-,19?/m0/s1. The lowest BCUT2D eigenvalue weighted by atomic mass is 9.99. The van der Waals surface area contributed by atoms with Gasteiger partial charge in [-0.2, -0.15) is 0 Å². The van der Waals surface area contributed by atoms with Crippen LogP contribution in [0.3, 0.4) is 0 Å². The molecule has 0 aromatic heterocycles. The lowest BCUT2D eigenvalue weighted by Gasteiger charge is -2.25. The number of rotatable bonds is 4. The third-order valence-corrected chi connectivity index (χ3v) is 4.30. The van der Waals surface area contributed by atoms with Crippen LogP contribution in [0.5, 0.6) is 5.75 Å². The van der Waals surface area contributed by atoms with Gasteiger partial charge in [-0.1, -0.05) is 48.0 Å². The van der Waals surface area contributed by atoms with Crippen LogP contribution in [0.15, 0.2) is 54.6 Å². The Morgan fingerprint density at radius 3 is 2.74 bits per heavy atom. The first kappa shape index (κ1) is 16.1. The Balaban J connectivity index is 1.83. The second kappa shape index (κ2) is 7.18. The first-order valence-corrected chi connectivity index (χ1v) is 7.94. The van der Waals surface area contributed by atoms with Crippen molar-refractivity contribution in [2.75, 3.05) is 7.11 Å². The van der Waals surface area contributed by atoms with Crippen LogP contribution in [0.4, 0.5) is 0 Å². The Morgan fingerprint density at radius 2 is 2.00 bits per heavy atom. The predicted octanol–water partition coefficient (Wildman–Crippen LogP) is 4.63. The van der Waals surface area contributed by atoms with E-state index in [1.165, 1.54) is 0 Å². The average Bonchev–Trinajstić information content (AvgIpc) is 2.59. The molecule has 0 amide bonds. The van der Waals surface area contributed by atoms with E-state index in [0.717, 1.165) is 28.1 Å². The molecule has 1 heterocycles. The SMILES string of the molecule is COC1CC=C[C@@H](c2ccc(Cl)c(Cc3ccc(O)cc3)c2)O1. The lowest BCUT2D eigenvalue weighted by molar-refractivity contribution is -0.148. The van der Waals surface area contributed by atoms with Crippen molar-refractivity contribution in [2.24, 2.45) is 0 Å². The van der Waals surface area contributed by atoms with Gasteiger partial charge in [-0.15, -0.1) is 0 Å². The molecule has 1 aliphatic rings.